The molecular formula is C19H34N4O3. The number of hydrogen-bond acceptors (Lipinski definition) is 5. The number of aliphatic imine (C=N–C) groups is 1. The zero-order valence-corrected chi connectivity index (χ0v) is 16.7. The van der Waals surface area contributed by atoms with E-state index < -0.39 is 0 Å². The van der Waals surface area contributed by atoms with Crippen molar-refractivity contribution in [2.75, 3.05) is 40.0 Å². The lowest BCUT2D eigenvalue weighted by Gasteiger charge is -2.34. The third-order valence-electron chi connectivity index (χ3n) is 4.48. The monoisotopic (exact) mass is 366 g/mol. The van der Waals surface area contributed by atoms with Crippen LogP contribution in [0.2, 0.25) is 0 Å². The third kappa shape index (κ3) is 6.61. The van der Waals surface area contributed by atoms with Crippen molar-refractivity contribution >= 4 is 5.96 Å². The first kappa shape index (κ1) is 20.7. The number of guanidine groups is 1. The van der Waals surface area contributed by atoms with Crippen molar-refractivity contribution in [3.05, 3.63) is 17.5 Å². The Balaban J connectivity index is 1.83. The Morgan fingerprint density at radius 2 is 2.15 bits per heavy atom. The summed E-state index contributed by atoms with van der Waals surface area (Å²) in [6.07, 6.45) is 3.35. The fourth-order valence-electron chi connectivity index (χ4n) is 2.94. The first-order valence-electron chi connectivity index (χ1n) is 9.73. The largest absolute Gasteiger partial charge is 0.385 e. The normalized spacial score (nSPS) is 16.5. The minimum Gasteiger partial charge on any atom is -0.385 e. The van der Waals surface area contributed by atoms with Gasteiger partial charge in [-0.05, 0) is 32.1 Å². The maximum Gasteiger partial charge on any atom is 0.194 e. The van der Waals surface area contributed by atoms with E-state index in [-0.39, 0.29) is 0 Å². The van der Waals surface area contributed by atoms with Crippen LogP contribution in [-0.2, 0) is 16.0 Å². The zero-order chi connectivity index (χ0) is 18.8. The molecule has 2 heterocycles. The van der Waals surface area contributed by atoms with E-state index in [9.17, 15) is 0 Å². The second-order valence-electron chi connectivity index (χ2n) is 6.95. The maximum atomic E-state index is 5.94. The van der Waals surface area contributed by atoms with Gasteiger partial charge in [0.2, 0.25) is 0 Å². The van der Waals surface area contributed by atoms with Gasteiger partial charge in [0.15, 0.2) is 11.7 Å². The van der Waals surface area contributed by atoms with E-state index in [0.717, 1.165) is 69.5 Å². The molecule has 148 valence electrons. The van der Waals surface area contributed by atoms with Crippen LogP contribution in [-0.4, -0.2) is 62.1 Å². The van der Waals surface area contributed by atoms with Crippen LogP contribution >= 0.6 is 0 Å². The quantitative estimate of drug-likeness (QED) is 0.412. The predicted octanol–water partition coefficient (Wildman–Crippen LogP) is 2.78. The Morgan fingerprint density at radius 1 is 1.38 bits per heavy atom. The molecule has 1 fully saturated rings. The molecule has 0 bridgehead atoms. The maximum absolute atomic E-state index is 5.94. The number of piperidine rings is 1. The van der Waals surface area contributed by atoms with Gasteiger partial charge >= 0.3 is 0 Å². The van der Waals surface area contributed by atoms with E-state index in [0.29, 0.717) is 18.6 Å². The number of ether oxygens (including phenoxy) is 2. The molecule has 1 aliphatic rings. The van der Waals surface area contributed by atoms with Crippen LogP contribution in [0.5, 0.6) is 0 Å². The molecule has 26 heavy (non-hydrogen) atoms. The summed E-state index contributed by atoms with van der Waals surface area (Å²) in [5, 5.41) is 7.48. The van der Waals surface area contributed by atoms with Gasteiger partial charge in [0.05, 0.1) is 11.8 Å². The molecule has 7 nitrogen and oxygen atoms in total. The summed E-state index contributed by atoms with van der Waals surface area (Å²) in [6, 6.07) is 2.00. The smallest absolute Gasteiger partial charge is 0.194 e. The minimum absolute atomic E-state index is 0.342. The molecule has 2 rings (SSSR count). The highest BCUT2D eigenvalue weighted by Gasteiger charge is 2.22. The molecule has 0 saturated carbocycles. The lowest BCUT2D eigenvalue weighted by molar-refractivity contribution is 0.00989. The Hall–Kier alpha value is -1.60. The molecule has 0 atom stereocenters. The van der Waals surface area contributed by atoms with Gasteiger partial charge in [-0.3, -0.25) is 0 Å². The number of hydrogen-bond donors (Lipinski definition) is 1. The summed E-state index contributed by atoms with van der Waals surface area (Å²) in [5.74, 6) is 2.11. The van der Waals surface area contributed by atoms with Gasteiger partial charge in [-0.1, -0.05) is 19.0 Å². The average molecular weight is 367 g/mol. The lowest BCUT2D eigenvalue weighted by atomic mass is 10.1. The van der Waals surface area contributed by atoms with E-state index in [1.54, 1.807) is 7.11 Å². The molecule has 0 unspecified atom stereocenters. The molecule has 0 aliphatic carbocycles. The summed E-state index contributed by atoms with van der Waals surface area (Å²) in [5.41, 5.74) is 0.978. The molecule has 0 spiro atoms. The number of likely N-dealkylation sites (tertiary alicyclic amines) is 1. The molecule has 1 aliphatic heterocycles. The second kappa shape index (κ2) is 11.2. The molecule has 1 aromatic rings. The Labute approximate surface area is 157 Å². The van der Waals surface area contributed by atoms with Crippen LogP contribution in [0, 0.1) is 0 Å². The van der Waals surface area contributed by atoms with Crippen LogP contribution in [0.4, 0.5) is 0 Å². The fraction of sp³-hybridized carbons (Fsp3) is 0.789. The number of methoxy groups -OCH3 is 1. The lowest BCUT2D eigenvalue weighted by Crippen LogP contribution is -2.47. The SMILES string of the molecule is CCNC(=NCc1cc(C(C)C)no1)N1CCC(OCCCOC)CC1. The number of rotatable bonds is 9. The molecule has 0 aromatic carbocycles. The predicted molar refractivity (Wildman–Crippen MR) is 102 cm³/mol. The van der Waals surface area contributed by atoms with E-state index in [2.05, 4.69) is 36.1 Å². The van der Waals surface area contributed by atoms with Crippen molar-refractivity contribution in [1.29, 1.82) is 0 Å². The van der Waals surface area contributed by atoms with Crippen molar-refractivity contribution in [3.63, 3.8) is 0 Å². The highest BCUT2D eigenvalue weighted by atomic mass is 16.5. The van der Waals surface area contributed by atoms with Crippen LogP contribution in [0.25, 0.3) is 0 Å². The molecule has 1 saturated heterocycles. The van der Waals surface area contributed by atoms with Crippen LogP contribution in [0.15, 0.2) is 15.6 Å². The summed E-state index contributed by atoms with van der Waals surface area (Å²) < 4.78 is 16.4. The molecular weight excluding hydrogens is 332 g/mol. The first-order chi connectivity index (χ1) is 12.6. The van der Waals surface area contributed by atoms with Crippen LogP contribution in [0.3, 0.4) is 0 Å². The topological polar surface area (TPSA) is 72.1 Å². The van der Waals surface area contributed by atoms with Crippen molar-refractivity contribution in [2.45, 2.75) is 58.6 Å². The third-order valence-corrected chi connectivity index (χ3v) is 4.48. The summed E-state index contributed by atoms with van der Waals surface area (Å²) in [4.78, 5) is 7.04. The molecule has 7 heteroatoms. The zero-order valence-electron chi connectivity index (χ0n) is 16.7. The number of aromatic nitrogens is 1. The second-order valence-corrected chi connectivity index (χ2v) is 6.95. The Kier molecular flexibility index (Phi) is 8.91. The van der Waals surface area contributed by atoms with E-state index >= 15 is 0 Å². The van der Waals surface area contributed by atoms with E-state index in [1.165, 1.54) is 0 Å². The van der Waals surface area contributed by atoms with Gasteiger partial charge < -0.3 is 24.2 Å². The average Bonchev–Trinajstić information content (AvgIpc) is 3.12. The molecule has 0 radical (unpaired) electrons. The fourth-order valence-corrected chi connectivity index (χ4v) is 2.94. The van der Waals surface area contributed by atoms with Crippen LogP contribution < -0.4 is 5.32 Å². The van der Waals surface area contributed by atoms with Crippen molar-refractivity contribution in [2.24, 2.45) is 4.99 Å². The van der Waals surface area contributed by atoms with Gasteiger partial charge in [-0.15, -0.1) is 0 Å². The highest BCUT2D eigenvalue weighted by Crippen LogP contribution is 2.16. The van der Waals surface area contributed by atoms with Crippen LogP contribution in [0.1, 0.15) is 57.4 Å². The van der Waals surface area contributed by atoms with Crippen molar-refractivity contribution in [3.8, 4) is 0 Å². The van der Waals surface area contributed by atoms with E-state index in [1.807, 2.05) is 6.07 Å². The summed E-state index contributed by atoms with van der Waals surface area (Å²) in [6.45, 7) is 11.1. The van der Waals surface area contributed by atoms with Crippen molar-refractivity contribution in [1.82, 2.24) is 15.4 Å². The highest BCUT2D eigenvalue weighted by molar-refractivity contribution is 5.80. The summed E-state index contributed by atoms with van der Waals surface area (Å²) >= 11 is 0. The van der Waals surface area contributed by atoms with E-state index in [4.69, 9.17) is 19.0 Å². The van der Waals surface area contributed by atoms with Gasteiger partial charge in [0.25, 0.3) is 0 Å². The number of nitrogens with one attached hydrogen (secondary N) is 1. The molecule has 1 N–H and O–H groups in total. The van der Waals surface area contributed by atoms with Crippen molar-refractivity contribution < 1.29 is 14.0 Å². The standard InChI is InChI=1S/C19H34N4O3/c1-5-20-19(21-14-17-13-18(15(2)3)22-26-17)23-9-7-16(8-10-23)25-12-6-11-24-4/h13,15-16H,5-12,14H2,1-4H3,(H,20,21). The Morgan fingerprint density at radius 3 is 2.77 bits per heavy atom. The van der Waals surface area contributed by atoms with Gasteiger partial charge in [-0.25, -0.2) is 4.99 Å². The van der Waals surface area contributed by atoms with Gasteiger partial charge in [-0.2, -0.15) is 0 Å². The molecule has 0 amide bonds. The molecule has 1 aromatic heterocycles. The summed E-state index contributed by atoms with van der Waals surface area (Å²) in [7, 11) is 1.72. The minimum atomic E-state index is 0.342. The van der Waals surface area contributed by atoms with Gasteiger partial charge in [0, 0.05) is 46.0 Å². The first-order valence-corrected chi connectivity index (χ1v) is 9.73. The van der Waals surface area contributed by atoms with Gasteiger partial charge in [0.1, 0.15) is 6.54 Å². The number of nitrogens with zero attached hydrogens (tertiary/aromatic N) is 3. The Bertz CT molecular complexity index is 537.